The van der Waals surface area contributed by atoms with Gasteiger partial charge in [-0.2, -0.15) is 0 Å². The van der Waals surface area contributed by atoms with Crippen LogP contribution in [0.25, 0.3) is 0 Å². The molecule has 0 aromatic heterocycles. The normalized spacial score (nSPS) is 17.2. The average Bonchev–Trinajstić information content (AvgIpc) is 2.54. The van der Waals surface area contributed by atoms with Crippen LogP contribution >= 0.6 is 0 Å². The summed E-state index contributed by atoms with van der Waals surface area (Å²) in [6.45, 7) is 9.79. The molecular weight excluding hydrogens is 288 g/mol. The number of aliphatic imine (C=N–C) groups is 1. The van der Waals surface area contributed by atoms with Gasteiger partial charge in [0.15, 0.2) is 5.96 Å². The predicted molar refractivity (Wildman–Crippen MR) is 95.1 cm³/mol. The Bertz CT molecular complexity index is 548. The largest absolute Gasteiger partial charge is 0.393 e. The first-order valence-corrected chi connectivity index (χ1v) is 8.20. The average molecular weight is 316 g/mol. The van der Waals surface area contributed by atoms with E-state index >= 15 is 0 Å². The number of nitrogens with one attached hydrogen (secondary N) is 1. The molecule has 1 aromatic carbocycles. The van der Waals surface area contributed by atoms with Gasteiger partial charge in [0.1, 0.15) is 0 Å². The molecule has 0 atom stereocenters. The molecule has 0 radical (unpaired) electrons. The van der Waals surface area contributed by atoms with Crippen LogP contribution in [0.5, 0.6) is 0 Å². The molecule has 1 aromatic rings. The fraction of sp³-hybridized carbons (Fsp3) is 0.500. The Morgan fingerprint density at radius 1 is 1.35 bits per heavy atom. The summed E-state index contributed by atoms with van der Waals surface area (Å²) >= 11 is 0. The molecule has 0 aliphatic carbocycles. The number of hydrogen-bond donors (Lipinski definition) is 3. The van der Waals surface area contributed by atoms with E-state index in [2.05, 4.69) is 40.0 Å². The van der Waals surface area contributed by atoms with Crippen molar-refractivity contribution in [2.45, 2.75) is 39.0 Å². The van der Waals surface area contributed by atoms with Crippen LogP contribution in [-0.4, -0.2) is 41.7 Å². The summed E-state index contributed by atoms with van der Waals surface area (Å²) in [5.41, 5.74) is 9.37. The second kappa shape index (κ2) is 8.70. The van der Waals surface area contributed by atoms with Gasteiger partial charge in [-0.1, -0.05) is 36.4 Å². The molecule has 4 N–H and O–H groups in total. The first-order valence-electron chi connectivity index (χ1n) is 8.20. The van der Waals surface area contributed by atoms with E-state index < -0.39 is 0 Å². The zero-order valence-electron chi connectivity index (χ0n) is 14.0. The molecule has 1 aliphatic rings. The number of piperidine rings is 1. The summed E-state index contributed by atoms with van der Waals surface area (Å²) in [5.74, 6) is 0.448. The molecule has 0 spiro atoms. The fourth-order valence-corrected chi connectivity index (χ4v) is 2.65. The number of nitrogens with zero attached hydrogens (tertiary/aromatic N) is 2. The third-order valence-corrected chi connectivity index (χ3v) is 4.06. The van der Waals surface area contributed by atoms with E-state index in [1.54, 1.807) is 0 Å². The molecule has 1 heterocycles. The minimum absolute atomic E-state index is 0.134. The number of guanidine groups is 1. The molecule has 0 bridgehead atoms. The highest BCUT2D eigenvalue weighted by atomic mass is 16.3. The summed E-state index contributed by atoms with van der Waals surface area (Å²) < 4.78 is 0. The highest BCUT2D eigenvalue weighted by Gasteiger charge is 2.17. The lowest BCUT2D eigenvalue weighted by Gasteiger charge is -2.30. The van der Waals surface area contributed by atoms with Crippen molar-refractivity contribution < 1.29 is 5.11 Å². The number of likely N-dealkylation sites (tertiary alicyclic amines) is 1. The van der Waals surface area contributed by atoms with Gasteiger partial charge in [-0.05, 0) is 30.9 Å². The van der Waals surface area contributed by atoms with Crippen molar-refractivity contribution in [3.8, 4) is 0 Å². The van der Waals surface area contributed by atoms with E-state index in [9.17, 15) is 5.11 Å². The first kappa shape index (κ1) is 17.5. The van der Waals surface area contributed by atoms with Crippen molar-refractivity contribution in [2.75, 3.05) is 19.6 Å². The van der Waals surface area contributed by atoms with Gasteiger partial charge in [-0.15, -0.1) is 0 Å². The molecule has 1 aliphatic heterocycles. The summed E-state index contributed by atoms with van der Waals surface area (Å²) in [4.78, 5) is 6.80. The van der Waals surface area contributed by atoms with Crippen LogP contribution in [0.4, 0.5) is 0 Å². The van der Waals surface area contributed by atoms with Crippen molar-refractivity contribution in [3.05, 3.63) is 47.5 Å². The molecule has 0 unspecified atom stereocenters. The van der Waals surface area contributed by atoms with Crippen molar-refractivity contribution in [1.29, 1.82) is 0 Å². The molecule has 1 fully saturated rings. The van der Waals surface area contributed by atoms with E-state index in [0.717, 1.165) is 38.0 Å². The van der Waals surface area contributed by atoms with Crippen molar-refractivity contribution >= 4 is 5.96 Å². The number of benzene rings is 1. The number of rotatable bonds is 6. The van der Waals surface area contributed by atoms with Crippen molar-refractivity contribution in [1.82, 2.24) is 10.2 Å². The van der Waals surface area contributed by atoms with Gasteiger partial charge in [0.25, 0.3) is 0 Å². The smallest absolute Gasteiger partial charge is 0.189 e. The van der Waals surface area contributed by atoms with Crippen LogP contribution in [0.3, 0.4) is 0 Å². The van der Waals surface area contributed by atoms with Crippen LogP contribution < -0.4 is 11.1 Å². The van der Waals surface area contributed by atoms with E-state index in [-0.39, 0.29) is 6.10 Å². The molecule has 1 saturated heterocycles. The van der Waals surface area contributed by atoms with E-state index in [1.807, 2.05) is 13.0 Å². The first-order chi connectivity index (χ1) is 11.0. The Morgan fingerprint density at radius 2 is 2.00 bits per heavy atom. The summed E-state index contributed by atoms with van der Waals surface area (Å²) in [5, 5.41) is 12.7. The maximum Gasteiger partial charge on any atom is 0.189 e. The van der Waals surface area contributed by atoms with Gasteiger partial charge in [0, 0.05) is 26.2 Å². The maximum atomic E-state index is 9.61. The molecule has 0 amide bonds. The number of aliphatic hydroxyl groups is 1. The van der Waals surface area contributed by atoms with Gasteiger partial charge in [-0.25, -0.2) is 4.99 Å². The fourth-order valence-electron chi connectivity index (χ4n) is 2.65. The third kappa shape index (κ3) is 6.04. The number of nitrogens with two attached hydrogens (primary N) is 1. The second-order valence-corrected chi connectivity index (χ2v) is 6.29. The third-order valence-electron chi connectivity index (χ3n) is 4.06. The highest BCUT2D eigenvalue weighted by molar-refractivity contribution is 5.78. The molecule has 126 valence electrons. The summed E-state index contributed by atoms with van der Waals surface area (Å²) in [7, 11) is 0. The van der Waals surface area contributed by atoms with Crippen molar-refractivity contribution in [2.24, 2.45) is 10.7 Å². The summed E-state index contributed by atoms with van der Waals surface area (Å²) in [6, 6.07) is 8.34. The topological polar surface area (TPSA) is 73.9 Å². The quantitative estimate of drug-likeness (QED) is 0.424. The molecule has 5 nitrogen and oxygen atoms in total. The predicted octanol–water partition coefficient (Wildman–Crippen LogP) is 1.62. The van der Waals surface area contributed by atoms with Gasteiger partial charge in [0.2, 0.25) is 0 Å². The van der Waals surface area contributed by atoms with Crippen molar-refractivity contribution in [3.63, 3.8) is 0 Å². The van der Waals surface area contributed by atoms with E-state index in [1.165, 1.54) is 11.1 Å². The Kier molecular flexibility index (Phi) is 6.62. The van der Waals surface area contributed by atoms with Crippen LogP contribution in [0, 0.1) is 0 Å². The number of hydrogen-bond acceptors (Lipinski definition) is 3. The standard InChI is InChI=1S/C18H28N4O/c1-14(2)11-20-18(19)21-12-15-5-3-4-6-16(15)13-22-9-7-17(23)8-10-22/h3-6,17,23H,1,7-13H2,2H3,(H3,19,20,21). The molecule has 23 heavy (non-hydrogen) atoms. The van der Waals surface area contributed by atoms with Crippen LogP contribution in [-0.2, 0) is 13.1 Å². The van der Waals surface area contributed by atoms with Crippen LogP contribution in [0.1, 0.15) is 30.9 Å². The molecule has 5 heteroatoms. The Morgan fingerprint density at radius 3 is 2.65 bits per heavy atom. The van der Waals surface area contributed by atoms with Gasteiger partial charge in [-0.3, -0.25) is 4.90 Å². The second-order valence-electron chi connectivity index (χ2n) is 6.29. The SMILES string of the molecule is C=C(C)CNC(N)=NCc1ccccc1CN1CCC(O)CC1. The van der Waals surface area contributed by atoms with E-state index in [0.29, 0.717) is 19.0 Å². The lowest BCUT2D eigenvalue weighted by atomic mass is 10.0. The lowest BCUT2D eigenvalue weighted by molar-refractivity contribution is 0.0791. The highest BCUT2D eigenvalue weighted by Crippen LogP contribution is 2.17. The van der Waals surface area contributed by atoms with Crippen LogP contribution in [0.15, 0.2) is 41.4 Å². The van der Waals surface area contributed by atoms with Gasteiger partial charge in [0.05, 0.1) is 12.6 Å². The Labute approximate surface area is 138 Å². The molecular formula is C18H28N4O. The van der Waals surface area contributed by atoms with Crippen LogP contribution in [0.2, 0.25) is 0 Å². The molecule has 2 rings (SSSR count). The van der Waals surface area contributed by atoms with Gasteiger partial charge >= 0.3 is 0 Å². The zero-order chi connectivity index (χ0) is 16.7. The zero-order valence-corrected chi connectivity index (χ0v) is 14.0. The van der Waals surface area contributed by atoms with E-state index in [4.69, 9.17) is 5.73 Å². The minimum Gasteiger partial charge on any atom is -0.393 e. The van der Waals surface area contributed by atoms with Gasteiger partial charge < -0.3 is 16.2 Å². The molecule has 0 saturated carbocycles. The summed E-state index contributed by atoms with van der Waals surface area (Å²) in [6.07, 6.45) is 1.58. The maximum absolute atomic E-state index is 9.61. The Balaban J connectivity index is 1.94. The minimum atomic E-state index is -0.134. The monoisotopic (exact) mass is 316 g/mol. The Hall–Kier alpha value is -1.85. The number of aliphatic hydroxyl groups excluding tert-OH is 1. The lowest BCUT2D eigenvalue weighted by Crippen LogP contribution is -2.35.